The van der Waals surface area contributed by atoms with Crippen LogP contribution in [0.1, 0.15) is 30.1 Å². The number of imide groups is 1. The highest BCUT2D eigenvalue weighted by Gasteiger charge is 2.35. The zero-order valence-corrected chi connectivity index (χ0v) is 16.8. The standard InChI is InChI=1S/C24H21N5O2/c30-23-21(22(24(31)27-23)19-13-26-20-7-3-4-12-28(19)20)17-14-29(15-8-10-25-11-9-15)18-6-2-1-5-16(17)18/h1-7,12-15,25H,8-11H2,(H,27,30,31). The van der Waals surface area contributed by atoms with Gasteiger partial charge in [-0.05, 0) is 44.1 Å². The highest BCUT2D eigenvalue weighted by molar-refractivity contribution is 6.49. The summed E-state index contributed by atoms with van der Waals surface area (Å²) in [5.74, 6) is -0.747. The average Bonchev–Trinajstić information content (AvgIpc) is 3.47. The molecule has 2 aliphatic heterocycles. The van der Waals surface area contributed by atoms with Gasteiger partial charge in [-0.3, -0.25) is 19.3 Å². The quantitative estimate of drug-likeness (QED) is 0.508. The van der Waals surface area contributed by atoms with Crippen LogP contribution in [0, 0.1) is 0 Å². The fraction of sp³-hybridized carbons (Fsp3) is 0.208. The summed E-state index contributed by atoms with van der Waals surface area (Å²) in [6, 6.07) is 14.1. The number of benzene rings is 1. The Morgan fingerprint density at radius 3 is 2.58 bits per heavy atom. The number of carbonyl (C=O) groups is 2. The van der Waals surface area contributed by atoms with Crippen LogP contribution < -0.4 is 10.6 Å². The first-order chi connectivity index (χ1) is 15.2. The molecule has 3 aromatic heterocycles. The molecule has 6 rings (SSSR count). The van der Waals surface area contributed by atoms with Crippen molar-refractivity contribution in [3.8, 4) is 0 Å². The number of aromatic nitrogens is 3. The van der Waals surface area contributed by atoms with Crippen molar-refractivity contribution in [3.05, 3.63) is 72.3 Å². The average molecular weight is 411 g/mol. The molecule has 0 radical (unpaired) electrons. The van der Waals surface area contributed by atoms with Crippen LogP contribution in [0.15, 0.2) is 61.1 Å². The Balaban J connectivity index is 1.62. The van der Waals surface area contributed by atoms with Gasteiger partial charge in [0.25, 0.3) is 11.8 Å². The van der Waals surface area contributed by atoms with E-state index in [1.54, 1.807) is 6.20 Å². The van der Waals surface area contributed by atoms with Gasteiger partial charge in [0.15, 0.2) is 0 Å². The minimum atomic E-state index is -0.385. The summed E-state index contributed by atoms with van der Waals surface area (Å²) in [7, 11) is 0. The van der Waals surface area contributed by atoms with E-state index in [1.165, 1.54) is 0 Å². The number of para-hydroxylation sites is 1. The molecule has 5 heterocycles. The molecule has 0 atom stereocenters. The van der Waals surface area contributed by atoms with Gasteiger partial charge in [0, 0.05) is 34.9 Å². The third-order valence-electron chi connectivity index (χ3n) is 6.32. The molecule has 1 saturated heterocycles. The Hall–Kier alpha value is -3.71. The van der Waals surface area contributed by atoms with E-state index in [2.05, 4.69) is 32.4 Å². The van der Waals surface area contributed by atoms with Crippen molar-refractivity contribution in [2.75, 3.05) is 13.1 Å². The summed E-state index contributed by atoms with van der Waals surface area (Å²) >= 11 is 0. The Morgan fingerprint density at radius 1 is 0.935 bits per heavy atom. The summed E-state index contributed by atoms with van der Waals surface area (Å²) in [4.78, 5) is 30.3. The molecule has 7 nitrogen and oxygen atoms in total. The van der Waals surface area contributed by atoms with Crippen LogP contribution in [-0.4, -0.2) is 38.9 Å². The fourth-order valence-corrected chi connectivity index (χ4v) is 4.86. The summed E-state index contributed by atoms with van der Waals surface area (Å²) in [6.45, 7) is 1.95. The lowest BCUT2D eigenvalue weighted by molar-refractivity contribution is -0.122. The SMILES string of the molecule is O=C1NC(=O)C(c2cnc3ccccn23)=C1c1cn(C2CCNCC2)c2ccccc12. The Kier molecular flexibility index (Phi) is 4.04. The minimum absolute atomic E-state index is 0.361. The number of carbonyl (C=O) groups excluding carboxylic acids is 2. The maximum Gasteiger partial charge on any atom is 0.261 e. The highest BCUT2D eigenvalue weighted by Crippen LogP contribution is 2.38. The van der Waals surface area contributed by atoms with Crippen LogP contribution in [0.4, 0.5) is 0 Å². The van der Waals surface area contributed by atoms with Crippen molar-refractivity contribution in [1.82, 2.24) is 24.6 Å². The van der Waals surface area contributed by atoms with Gasteiger partial charge in [0.1, 0.15) is 5.65 Å². The van der Waals surface area contributed by atoms with Crippen LogP contribution in [-0.2, 0) is 9.59 Å². The molecule has 2 amide bonds. The van der Waals surface area contributed by atoms with E-state index >= 15 is 0 Å². The molecular formula is C24H21N5O2. The second-order valence-electron chi connectivity index (χ2n) is 8.05. The predicted molar refractivity (Wildman–Crippen MR) is 118 cm³/mol. The lowest BCUT2D eigenvalue weighted by Gasteiger charge is -2.25. The monoisotopic (exact) mass is 411 g/mol. The maximum atomic E-state index is 13.0. The largest absolute Gasteiger partial charge is 0.344 e. The third-order valence-corrected chi connectivity index (χ3v) is 6.32. The number of fused-ring (bicyclic) bond motifs is 2. The number of pyridine rings is 1. The first kappa shape index (κ1) is 18.1. The molecule has 0 unspecified atom stereocenters. The highest BCUT2D eigenvalue weighted by atomic mass is 16.2. The molecule has 7 heteroatoms. The van der Waals surface area contributed by atoms with Gasteiger partial charge in [0.2, 0.25) is 0 Å². The summed E-state index contributed by atoms with van der Waals surface area (Å²) in [6.07, 6.45) is 7.63. The first-order valence-corrected chi connectivity index (χ1v) is 10.6. The number of piperidine rings is 1. The summed E-state index contributed by atoms with van der Waals surface area (Å²) in [5.41, 5.74) is 4.01. The van der Waals surface area contributed by atoms with Crippen molar-refractivity contribution >= 4 is 39.5 Å². The predicted octanol–water partition coefficient (Wildman–Crippen LogP) is 2.78. The van der Waals surface area contributed by atoms with Gasteiger partial charge in [-0.1, -0.05) is 24.3 Å². The minimum Gasteiger partial charge on any atom is -0.344 e. The molecule has 1 fully saturated rings. The molecule has 0 saturated carbocycles. The molecule has 4 aromatic rings. The molecule has 0 spiro atoms. The molecule has 0 aliphatic carbocycles. The number of nitrogens with zero attached hydrogens (tertiary/aromatic N) is 3. The van der Waals surface area contributed by atoms with Crippen molar-refractivity contribution in [1.29, 1.82) is 0 Å². The number of rotatable bonds is 3. The molecule has 31 heavy (non-hydrogen) atoms. The van der Waals surface area contributed by atoms with Crippen molar-refractivity contribution in [2.24, 2.45) is 0 Å². The first-order valence-electron chi connectivity index (χ1n) is 10.6. The zero-order chi connectivity index (χ0) is 20.9. The van der Waals surface area contributed by atoms with E-state index in [4.69, 9.17) is 0 Å². The molecule has 1 aromatic carbocycles. The smallest absolute Gasteiger partial charge is 0.261 e. The van der Waals surface area contributed by atoms with Crippen LogP contribution in [0.5, 0.6) is 0 Å². The van der Waals surface area contributed by atoms with E-state index in [9.17, 15) is 9.59 Å². The number of nitrogens with one attached hydrogen (secondary N) is 2. The van der Waals surface area contributed by atoms with Crippen LogP contribution in [0.2, 0.25) is 0 Å². The molecule has 2 N–H and O–H groups in total. The normalized spacial score (nSPS) is 17.8. The van der Waals surface area contributed by atoms with Gasteiger partial charge >= 0.3 is 0 Å². The number of imidazole rings is 1. The lowest BCUT2D eigenvalue weighted by Crippen LogP contribution is -2.29. The number of hydrogen-bond acceptors (Lipinski definition) is 4. The van der Waals surface area contributed by atoms with Gasteiger partial charge in [-0.2, -0.15) is 0 Å². The van der Waals surface area contributed by atoms with Crippen LogP contribution in [0.3, 0.4) is 0 Å². The lowest BCUT2D eigenvalue weighted by atomic mass is 9.99. The number of amides is 2. The molecule has 2 aliphatic rings. The van der Waals surface area contributed by atoms with Gasteiger partial charge in [0.05, 0.1) is 23.0 Å². The zero-order valence-electron chi connectivity index (χ0n) is 16.8. The van der Waals surface area contributed by atoms with E-state index < -0.39 is 0 Å². The van der Waals surface area contributed by atoms with Crippen LogP contribution in [0.25, 0.3) is 27.7 Å². The molecular weight excluding hydrogens is 390 g/mol. The maximum absolute atomic E-state index is 13.0. The second-order valence-corrected chi connectivity index (χ2v) is 8.05. The Morgan fingerprint density at radius 2 is 1.71 bits per heavy atom. The van der Waals surface area contributed by atoms with E-state index in [0.717, 1.165) is 48.0 Å². The van der Waals surface area contributed by atoms with E-state index in [-0.39, 0.29) is 11.8 Å². The Bertz CT molecular complexity index is 1390. The van der Waals surface area contributed by atoms with Gasteiger partial charge in [-0.15, -0.1) is 0 Å². The van der Waals surface area contributed by atoms with E-state index in [0.29, 0.717) is 22.9 Å². The van der Waals surface area contributed by atoms with Gasteiger partial charge in [-0.25, -0.2) is 4.98 Å². The summed E-state index contributed by atoms with van der Waals surface area (Å²) in [5, 5.41) is 6.90. The third kappa shape index (κ3) is 2.74. The van der Waals surface area contributed by atoms with Gasteiger partial charge < -0.3 is 9.88 Å². The number of hydrogen-bond donors (Lipinski definition) is 2. The summed E-state index contributed by atoms with van der Waals surface area (Å²) < 4.78 is 4.13. The topological polar surface area (TPSA) is 80.4 Å². The molecule has 0 bridgehead atoms. The molecule has 154 valence electrons. The van der Waals surface area contributed by atoms with Crippen LogP contribution >= 0.6 is 0 Å². The van der Waals surface area contributed by atoms with Crippen molar-refractivity contribution < 1.29 is 9.59 Å². The van der Waals surface area contributed by atoms with Crippen molar-refractivity contribution in [3.63, 3.8) is 0 Å². The Labute approximate surface area is 178 Å². The fourth-order valence-electron chi connectivity index (χ4n) is 4.86. The van der Waals surface area contributed by atoms with Crippen molar-refractivity contribution in [2.45, 2.75) is 18.9 Å². The van der Waals surface area contributed by atoms with E-state index in [1.807, 2.05) is 47.0 Å². The second kappa shape index (κ2) is 6.92.